The van der Waals surface area contributed by atoms with Gasteiger partial charge in [-0.15, -0.1) is 5.57 Å². The summed E-state index contributed by atoms with van der Waals surface area (Å²) in [5.41, 5.74) is 1.27. The van der Waals surface area contributed by atoms with Gasteiger partial charge in [0, 0.05) is 0 Å². The van der Waals surface area contributed by atoms with E-state index in [-0.39, 0.29) is 18.9 Å². The maximum absolute atomic E-state index is 6.72. The zero-order chi connectivity index (χ0) is 8.53. The fourth-order valence-corrected chi connectivity index (χ4v) is 1.03. The molecule has 0 aliphatic heterocycles. The molecule has 0 saturated heterocycles. The van der Waals surface area contributed by atoms with Gasteiger partial charge in [-0.25, -0.2) is 0 Å². The number of hydrogen-bond acceptors (Lipinski definition) is 0. The third kappa shape index (κ3) is 9.90. The molecule has 0 radical (unpaired) electrons. The first-order chi connectivity index (χ1) is 5.31. The van der Waals surface area contributed by atoms with Crippen LogP contribution in [0.5, 0.6) is 0 Å². The summed E-state index contributed by atoms with van der Waals surface area (Å²) < 4.78 is 0. The maximum Gasteiger partial charge on any atom is 1.00 e. The van der Waals surface area contributed by atoms with Crippen molar-refractivity contribution in [3.63, 3.8) is 0 Å². The second-order valence-electron chi connectivity index (χ2n) is 2.95. The SMILES string of the molecule is [C-]#C/C=C(\C)CCCCCC.[Li+]. The molecule has 12 heavy (non-hydrogen) atoms. The van der Waals surface area contributed by atoms with Gasteiger partial charge >= 0.3 is 18.9 Å². The smallest absolute Gasteiger partial charge is 0.366 e. The summed E-state index contributed by atoms with van der Waals surface area (Å²) in [7, 11) is 0. The van der Waals surface area contributed by atoms with Crippen LogP contribution in [0.2, 0.25) is 0 Å². The molecular formula is C11H17Li. The first kappa shape index (κ1) is 14.4. The van der Waals surface area contributed by atoms with Crippen LogP contribution in [-0.2, 0) is 0 Å². The predicted octanol–water partition coefficient (Wildman–Crippen LogP) is 0.497. The average Bonchev–Trinajstić information content (AvgIpc) is 1.99. The molecule has 0 aliphatic rings. The van der Waals surface area contributed by atoms with Crippen molar-refractivity contribution in [1.82, 2.24) is 0 Å². The van der Waals surface area contributed by atoms with E-state index in [2.05, 4.69) is 19.8 Å². The number of hydrogen-bond donors (Lipinski definition) is 0. The number of allylic oxidation sites excluding steroid dienone is 2. The summed E-state index contributed by atoms with van der Waals surface area (Å²) in [4.78, 5) is 0. The van der Waals surface area contributed by atoms with Crippen LogP contribution in [0.15, 0.2) is 11.6 Å². The van der Waals surface area contributed by atoms with Gasteiger partial charge in [0.1, 0.15) is 0 Å². The molecule has 1 heteroatoms. The summed E-state index contributed by atoms with van der Waals surface area (Å²) >= 11 is 0. The minimum Gasteiger partial charge on any atom is -0.366 e. The quantitative estimate of drug-likeness (QED) is 0.235. The Morgan fingerprint density at radius 3 is 2.50 bits per heavy atom. The molecule has 0 rings (SSSR count). The Balaban J connectivity index is 0. The molecule has 0 aromatic carbocycles. The molecule has 0 amide bonds. The van der Waals surface area contributed by atoms with Gasteiger partial charge < -0.3 is 6.42 Å². The van der Waals surface area contributed by atoms with Crippen LogP contribution in [0.3, 0.4) is 0 Å². The number of unbranched alkanes of at least 4 members (excludes halogenated alkanes) is 3. The Hall–Kier alpha value is -0.103. The van der Waals surface area contributed by atoms with E-state index in [9.17, 15) is 0 Å². The Morgan fingerprint density at radius 1 is 1.33 bits per heavy atom. The van der Waals surface area contributed by atoms with Crippen LogP contribution >= 0.6 is 0 Å². The normalized spacial score (nSPS) is 10.2. The standard InChI is InChI=1S/C11H17.Li/c1-4-6-7-8-10-11(3)9-5-2;/h9H,4,6-8,10H2,1,3H3;/q-1;+1/b11-9+;. The van der Waals surface area contributed by atoms with Crippen molar-refractivity contribution in [1.29, 1.82) is 0 Å². The molecule has 0 atom stereocenters. The summed E-state index contributed by atoms with van der Waals surface area (Å²) in [6, 6.07) is 0. The summed E-state index contributed by atoms with van der Waals surface area (Å²) in [5, 5.41) is 0. The molecule has 0 nitrogen and oxygen atoms in total. The average molecular weight is 156 g/mol. The number of rotatable bonds is 5. The van der Waals surface area contributed by atoms with Crippen molar-refractivity contribution in [3.05, 3.63) is 18.1 Å². The van der Waals surface area contributed by atoms with E-state index in [0.717, 1.165) is 6.42 Å². The molecule has 0 saturated carbocycles. The van der Waals surface area contributed by atoms with Gasteiger partial charge in [0.2, 0.25) is 0 Å². The fraction of sp³-hybridized carbons (Fsp3) is 0.636. The first-order valence-corrected chi connectivity index (χ1v) is 4.39. The topological polar surface area (TPSA) is 0 Å². The third-order valence-electron chi connectivity index (χ3n) is 1.74. The molecule has 0 N–H and O–H groups in total. The second-order valence-corrected chi connectivity index (χ2v) is 2.95. The van der Waals surface area contributed by atoms with Gasteiger partial charge in [-0.2, -0.15) is 6.08 Å². The van der Waals surface area contributed by atoms with Gasteiger partial charge in [-0.1, -0.05) is 39.5 Å². The molecule has 62 valence electrons. The Kier molecular flexibility index (Phi) is 13.1. The molecule has 0 bridgehead atoms. The summed E-state index contributed by atoms with van der Waals surface area (Å²) in [5.74, 6) is 2.30. The van der Waals surface area contributed by atoms with E-state index in [1.807, 2.05) is 0 Å². The van der Waals surface area contributed by atoms with Gasteiger partial charge in [-0.3, -0.25) is 5.92 Å². The minimum atomic E-state index is 0. The van der Waals surface area contributed by atoms with E-state index in [1.165, 1.54) is 31.3 Å². The van der Waals surface area contributed by atoms with E-state index < -0.39 is 0 Å². The largest absolute Gasteiger partial charge is 1.00 e. The maximum atomic E-state index is 6.72. The molecule has 0 spiro atoms. The van der Waals surface area contributed by atoms with Crippen molar-refractivity contribution in [2.45, 2.75) is 46.0 Å². The zero-order valence-electron chi connectivity index (χ0n) is 8.61. The minimum absolute atomic E-state index is 0. The summed E-state index contributed by atoms with van der Waals surface area (Å²) in [6.45, 7) is 4.28. The molecule has 0 heterocycles. The first-order valence-electron chi connectivity index (χ1n) is 4.39. The van der Waals surface area contributed by atoms with Gasteiger partial charge in [-0.05, 0) is 6.42 Å². The van der Waals surface area contributed by atoms with E-state index in [1.54, 1.807) is 6.08 Å². The van der Waals surface area contributed by atoms with Gasteiger partial charge in [0.15, 0.2) is 0 Å². The van der Waals surface area contributed by atoms with E-state index >= 15 is 0 Å². The van der Waals surface area contributed by atoms with Crippen molar-refractivity contribution in [2.75, 3.05) is 0 Å². The van der Waals surface area contributed by atoms with Crippen LogP contribution in [-0.4, -0.2) is 0 Å². The molecule has 0 aliphatic carbocycles. The molecular weight excluding hydrogens is 139 g/mol. The fourth-order valence-electron chi connectivity index (χ4n) is 1.03. The van der Waals surface area contributed by atoms with Gasteiger partial charge in [0.05, 0.1) is 0 Å². The molecule has 0 unspecified atom stereocenters. The van der Waals surface area contributed by atoms with Gasteiger partial charge in [0.25, 0.3) is 0 Å². The molecule has 0 aromatic rings. The second kappa shape index (κ2) is 10.9. The van der Waals surface area contributed by atoms with Crippen molar-refractivity contribution < 1.29 is 18.9 Å². The summed E-state index contributed by atoms with van der Waals surface area (Å²) in [6.07, 6.45) is 14.8. The predicted molar refractivity (Wildman–Crippen MR) is 49.6 cm³/mol. The zero-order valence-corrected chi connectivity index (χ0v) is 8.61. The molecule has 0 aromatic heterocycles. The monoisotopic (exact) mass is 156 g/mol. The third-order valence-corrected chi connectivity index (χ3v) is 1.74. The van der Waals surface area contributed by atoms with E-state index in [4.69, 9.17) is 6.42 Å². The van der Waals surface area contributed by atoms with Crippen LogP contribution in [0.4, 0.5) is 0 Å². The van der Waals surface area contributed by atoms with Crippen LogP contribution in [0.1, 0.15) is 46.0 Å². The van der Waals surface area contributed by atoms with Crippen LogP contribution in [0, 0.1) is 12.3 Å². The Morgan fingerprint density at radius 2 is 2.00 bits per heavy atom. The van der Waals surface area contributed by atoms with Crippen molar-refractivity contribution >= 4 is 0 Å². The van der Waals surface area contributed by atoms with Crippen molar-refractivity contribution in [3.8, 4) is 5.92 Å². The Bertz CT molecular complexity index is 151. The van der Waals surface area contributed by atoms with E-state index in [0.29, 0.717) is 0 Å². The van der Waals surface area contributed by atoms with Crippen LogP contribution < -0.4 is 18.9 Å². The Labute approximate surface area is 89.0 Å². The van der Waals surface area contributed by atoms with Crippen molar-refractivity contribution in [2.24, 2.45) is 0 Å². The van der Waals surface area contributed by atoms with Crippen LogP contribution in [0.25, 0.3) is 0 Å². The molecule has 0 fully saturated rings.